The molecule has 0 aromatic carbocycles. The van der Waals surface area contributed by atoms with Crippen LogP contribution >= 0.6 is 0 Å². The number of nitrogens with one attached hydrogen (secondary N) is 1. The van der Waals surface area contributed by atoms with Crippen LogP contribution in [0.15, 0.2) is 12.1 Å². The van der Waals surface area contributed by atoms with Crippen molar-refractivity contribution in [3.05, 3.63) is 18.0 Å². The van der Waals surface area contributed by atoms with E-state index in [0.29, 0.717) is 17.9 Å². The molecule has 0 aliphatic heterocycles. The topological polar surface area (TPSA) is 91.1 Å². The Hall–Kier alpha value is -1.66. The van der Waals surface area contributed by atoms with E-state index in [4.69, 9.17) is 10.8 Å². The number of aromatic nitrogens is 3. The second-order valence-electron chi connectivity index (χ2n) is 4.18. The zero-order valence-electron chi connectivity index (χ0n) is 10.0. The summed E-state index contributed by atoms with van der Waals surface area (Å²) in [5.41, 5.74) is 7.39. The standard InChI is InChI=1S/C11H17N5O/c1-16(2)9-4-3-8-11(14-9)15-10(13-8)7(12)5-6-17/h3-4,7,17H,5-6,12H2,1-2H3,(H,13,14,15). The van der Waals surface area contributed by atoms with Crippen molar-refractivity contribution < 1.29 is 5.11 Å². The van der Waals surface area contributed by atoms with Crippen LogP contribution in [0, 0.1) is 0 Å². The van der Waals surface area contributed by atoms with E-state index < -0.39 is 0 Å². The molecule has 0 amide bonds. The number of H-pyrrole nitrogens is 1. The van der Waals surface area contributed by atoms with Crippen molar-refractivity contribution in [3.8, 4) is 0 Å². The number of aliphatic hydroxyl groups is 1. The number of pyridine rings is 1. The van der Waals surface area contributed by atoms with Gasteiger partial charge in [-0.3, -0.25) is 0 Å². The van der Waals surface area contributed by atoms with Gasteiger partial charge in [0.2, 0.25) is 0 Å². The zero-order valence-corrected chi connectivity index (χ0v) is 10.0. The van der Waals surface area contributed by atoms with Gasteiger partial charge in [0.1, 0.15) is 11.6 Å². The lowest BCUT2D eigenvalue weighted by molar-refractivity contribution is 0.275. The molecule has 6 heteroatoms. The van der Waals surface area contributed by atoms with Gasteiger partial charge < -0.3 is 20.7 Å². The van der Waals surface area contributed by atoms with Gasteiger partial charge >= 0.3 is 0 Å². The van der Waals surface area contributed by atoms with Crippen LogP contribution in [0.25, 0.3) is 11.2 Å². The molecule has 92 valence electrons. The quantitative estimate of drug-likeness (QED) is 0.713. The smallest absolute Gasteiger partial charge is 0.179 e. The SMILES string of the molecule is CN(C)c1ccc2[nH]c(C(N)CCO)nc2n1. The fourth-order valence-electron chi connectivity index (χ4n) is 1.60. The first kappa shape index (κ1) is 11.8. The molecule has 2 aromatic heterocycles. The van der Waals surface area contributed by atoms with Gasteiger partial charge in [0.05, 0.1) is 11.6 Å². The maximum absolute atomic E-state index is 8.85. The lowest BCUT2D eigenvalue weighted by Crippen LogP contribution is -2.13. The number of fused-ring (bicyclic) bond motifs is 1. The molecule has 0 saturated heterocycles. The Balaban J connectivity index is 2.36. The van der Waals surface area contributed by atoms with Crippen LogP contribution < -0.4 is 10.6 Å². The molecule has 2 heterocycles. The minimum absolute atomic E-state index is 0.0502. The first-order chi connectivity index (χ1) is 8.11. The van der Waals surface area contributed by atoms with Crippen molar-refractivity contribution in [2.75, 3.05) is 25.6 Å². The number of imidazole rings is 1. The van der Waals surface area contributed by atoms with E-state index in [1.807, 2.05) is 31.1 Å². The van der Waals surface area contributed by atoms with Crippen LogP contribution in [-0.2, 0) is 0 Å². The monoisotopic (exact) mass is 235 g/mol. The summed E-state index contributed by atoms with van der Waals surface area (Å²) in [4.78, 5) is 13.8. The molecule has 0 radical (unpaired) electrons. The second-order valence-corrected chi connectivity index (χ2v) is 4.18. The normalized spacial score (nSPS) is 12.9. The van der Waals surface area contributed by atoms with Gasteiger partial charge in [-0.1, -0.05) is 0 Å². The average Bonchev–Trinajstić information content (AvgIpc) is 2.71. The summed E-state index contributed by atoms with van der Waals surface area (Å²) < 4.78 is 0. The number of anilines is 1. The predicted molar refractivity (Wildman–Crippen MR) is 66.8 cm³/mol. The molecular weight excluding hydrogens is 218 g/mol. The van der Waals surface area contributed by atoms with Crippen molar-refractivity contribution >= 4 is 17.0 Å². The fourth-order valence-corrected chi connectivity index (χ4v) is 1.60. The average molecular weight is 235 g/mol. The molecule has 0 aliphatic carbocycles. The minimum Gasteiger partial charge on any atom is -0.396 e. The summed E-state index contributed by atoms with van der Waals surface area (Å²) in [5, 5.41) is 8.85. The number of rotatable bonds is 4. The van der Waals surface area contributed by atoms with E-state index in [0.717, 1.165) is 11.3 Å². The number of nitrogens with zero attached hydrogens (tertiary/aromatic N) is 3. The highest BCUT2D eigenvalue weighted by molar-refractivity contribution is 5.73. The zero-order chi connectivity index (χ0) is 12.4. The van der Waals surface area contributed by atoms with Gasteiger partial charge in [-0.15, -0.1) is 0 Å². The maximum Gasteiger partial charge on any atom is 0.179 e. The summed E-state index contributed by atoms with van der Waals surface area (Å²) >= 11 is 0. The molecule has 1 unspecified atom stereocenters. The molecule has 17 heavy (non-hydrogen) atoms. The molecule has 0 saturated carbocycles. The van der Waals surface area contributed by atoms with E-state index in [1.165, 1.54) is 0 Å². The van der Waals surface area contributed by atoms with E-state index >= 15 is 0 Å². The second kappa shape index (κ2) is 4.68. The van der Waals surface area contributed by atoms with Crippen molar-refractivity contribution in [3.63, 3.8) is 0 Å². The molecular formula is C11H17N5O. The molecule has 4 N–H and O–H groups in total. The third-order valence-electron chi connectivity index (χ3n) is 2.60. The molecule has 1 atom stereocenters. The molecule has 0 aliphatic rings. The molecule has 0 bridgehead atoms. The highest BCUT2D eigenvalue weighted by Crippen LogP contribution is 2.18. The Morgan fingerprint density at radius 1 is 1.41 bits per heavy atom. The third-order valence-corrected chi connectivity index (χ3v) is 2.60. The summed E-state index contributed by atoms with van der Waals surface area (Å²) in [6, 6.07) is 3.57. The first-order valence-electron chi connectivity index (χ1n) is 5.52. The third kappa shape index (κ3) is 2.37. The predicted octanol–water partition coefficient (Wildman–Crippen LogP) is 0.406. The van der Waals surface area contributed by atoms with Crippen LogP contribution in [0.3, 0.4) is 0 Å². The van der Waals surface area contributed by atoms with Crippen LogP contribution in [0.2, 0.25) is 0 Å². The Morgan fingerprint density at radius 3 is 2.82 bits per heavy atom. The van der Waals surface area contributed by atoms with Gasteiger partial charge in [-0.05, 0) is 18.6 Å². The van der Waals surface area contributed by atoms with Gasteiger partial charge in [-0.2, -0.15) is 0 Å². The molecule has 0 spiro atoms. The molecule has 2 aromatic rings. The van der Waals surface area contributed by atoms with Gasteiger partial charge in [0.15, 0.2) is 5.65 Å². The first-order valence-corrected chi connectivity index (χ1v) is 5.52. The number of nitrogens with two attached hydrogens (primary N) is 1. The van der Waals surface area contributed by atoms with Crippen LogP contribution in [-0.4, -0.2) is 40.8 Å². The number of aliphatic hydroxyl groups excluding tert-OH is 1. The minimum atomic E-state index is -0.281. The van der Waals surface area contributed by atoms with Crippen LogP contribution in [0.5, 0.6) is 0 Å². The summed E-state index contributed by atoms with van der Waals surface area (Å²) in [6.07, 6.45) is 0.486. The largest absolute Gasteiger partial charge is 0.396 e. The number of hydrogen-bond acceptors (Lipinski definition) is 5. The van der Waals surface area contributed by atoms with Gasteiger partial charge in [0, 0.05) is 20.7 Å². The van der Waals surface area contributed by atoms with Crippen molar-refractivity contribution in [1.29, 1.82) is 0 Å². The Kier molecular flexibility index (Phi) is 3.26. The summed E-state index contributed by atoms with van der Waals surface area (Å²) in [5.74, 6) is 1.52. The van der Waals surface area contributed by atoms with Crippen LogP contribution in [0.4, 0.5) is 5.82 Å². The number of hydrogen-bond donors (Lipinski definition) is 3. The van der Waals surface area contributed by atoms with E-state index in [9.17, 15) is 0 Å². The lowest BCUT2D eigenvalue weighted by atomic mass is 10.2. The lowest BCUT2D eigenvalue weighted by Gasteiger charge is -2.09. The Morgan fingerprint density at radius 2 is 2.18 bits per heavy atom. The van der Waals surface area contributed by atoms with Gasteiger partial charge in [-0.25, -0.2) is 9.97 Å². The molecule has 0 fully saturated rings. The molecule has 6 nitrogen and oxygen atoms in total. The summed E-state index contributed by atoms with van der Waals surface area (Å²) in [6.45, 7) is 0.0502. The van der Waals surface area contributed by atoms with Crippen molar-refractivity contribution in [1.82, 2.24) is 15.0 Å². The van der Waals surface area contributed by atoms with E-state index in [2.05, 4.69) is 15.0 Å². The van der Waals surface area contributed by atoms with Crippen molar-refractivity contribution in [2.45, 2.75) is 12.5 Å². The fraction of sp³-hybridized carbons (Fsp3) is 0.455. The van der Waals surface area contributed by atoms with Crippen molar-refractivity contribution in [2.24, 2.45) is 5.73 Å². The van der Waals surface area contributed by atoms with E-state index in [1.54, 1.807) is 0 Å². The van der Waals surface area contributed by atoms with Crippen LogP contribution in [0.1, 0.15) is 18.3 Å². The number of aromatic amines is 1. The van der Waals surface area contributed by atoms with Gasteiger partial charge in [0.25, 0.3) is 0 Å². The highest BCUT2D eigenvalue weighted by atomic mass is 16.3. The summed E-state index contributed by atoms with van der Waals surface area (Å²) in [7, 11) is 3.86. The molecule has 2 rings (SSSR count). The Labute approximate surface area is 99.5 Å². The maximum atomic E-state index is 8.85. The highest BCUT2D eigenvalue weighted by Gasteiger charge is 2.12. The van der Waals surface area contributed by atoms with E-state index in [-0.39, 0.29) is 12.6 Å². The Bertz CT molecular complexity index is 508.